The summed E-state index contributed by atoms with van der Waals surface area (Å²) in [5.74, 6) is 1.99. The summed E-state index contributed by atoms with van der Waals surface area (Å²) < 4.78 is 7.78. The Labute approximate surface area is 247 Å². The molecule has 0 unspecified atom stereocenters. The number of benzene rings is 1. The van der Waals surface area contributed by atoms with Crippen molar-refractivity contribution < 1.29 is 14.3 Å². The van der Waals surface area contributed by atoms with Gasteiger partial charge in [0.05, 0.1) is 17.1 Å². The number of fused-ring (bicyclic) bond motifs is 3. The lowest BCUT2D eigenvalue weighted by Crippen LogP contribution is -2.34. The Bertz CT molecular complexity index is 1750. The van der Waals surface area contributed by atoms with E-state index in [0.717, 1.165) is 46.1 Å². The van der Waals surface area contributed by atoms with Crippen LogP contribution in [0.1, 0.15) is 38.6 Å². The number of allylic oxidation sites excluding steroid dienone is 2. The van der Waals surface area contributed by atoms with Gasteiger partial charge in [-0.15, -0.1) is 11.3 Å². The number of nitrogens with one attached hydrogen (secondary N) is 1. The Morgan fingerprint density at radius 2 is 1.98 bits per heavy atom. The van der Waals surface area contributed by atoms with Crippen LogP contribution in [0, 0.1) is 0 Å². The molecule has 2 aliphatic heterocycles. The second kappa shape index (κ2) is 10.9. The molecule has 4 aromatic rings. The Hall–Kier alpha value is -4.70. The molecular weight excluding hydrogens is 548 g/mol. The van der Waals surface area contributed by atoms with E-state index in [1.165, 1.54) is 16.9 Å². The number of aromatic nitrogens is 3. The highest BCUT2D eigenvalue weighted by atomic mass is 32.1. The third-order valence-electron chi connectivity index (χ3n) is 7.86. The third kappa shape index (κ3) is 4.87. The zero-order valence-electron chi connectivity index (χ0n) is 23.2. The smallest absolute Gasteiger partial charge is 0.276 e. The van der Waals surface area contributed by atoms with Gasteiger partial charge in [-0.1, -0.05) is 36.4 Å². The van der Waals surface area contributed by atoms with Crippen molar-refractivity contribution in [3.05, 3.63) is 101 Å². The van der Waals surface area contributed by atoms with Crippen molar-refractivity contribution >= 4 is 40.6 Å². The van der Waals surface area contributed by atoms with Crippen LogP contribution in [0.4, 0.5) is 17.5 Å². The van der Waals surface area contributed by atoms with Crippen molar-refractivity contribution in [3.63, 3.8) is 0 Å². The van der Waals surface area contributed by atoms with Crippen LogP contribution >= 0.6 is 11.3 Å². The Kier molecular flexibility index (Phi) is 6.83. The van der Waals surface area contributed by atoms with Gasteiger partial charge < -0.3 is 19.1 Å². The molecule has 42 heavy (non-hydrogen) atoms. The van der Waals surface area contributed by atoms with Crippen molar-refractivity contribution in [1.29, 1.82) is 0 Å². The predicted octanol–water partition coefficient (Wildman–Crippen LogP) is 5.44. The highest BCUT2D eigenvalue weighted by Gasteiger charge is 2.29. The highest BCUT2D eigenvalue weighted by Crippen LogP contribution is 2.42. The van der Waals surface area contributed by atoms with E-state index in [9.17, 15) is 9.59 Å². The van der Waals surface area contributed by atoms with E-state index < -0.39 is 0 Å². The van der Waals surface area contributed by atoms with Gasteiger partial charge in [-0.3, -0.25) is 14.9 Å². The first kappa shape index (κ1) is 26.2. The maximum Gasteiger partial charge on any atom is 0.276 e. The first-order chi connectivity index (χ1) is 20.5. The van der Waals surface area contributed by atoms with Crippen LogP contribution in [0.5, 0.6) is 0 Å². The first-order valence-electron chi connectivity index (χ1n) is 14.1. The van der Waals surface area contributed by atoms with E-state index in [0.29, 0.717) is 49.2 Å². The molecule has 0 atom stereocenters. The number of para-hydroxylation sites is 1. The first-order valence-corrected chi connectivity index (χ1v) is 14.9. The van der Waals surface area contributed by atoms with Gasteiger partial charge in [0.25, 0.3) is 11.8 Å². The molecule has 10 heteroatoms. The molecule has 5 heterocycles. The number of hydrogen-bond acceptors (Lipinski definition) is 7. The zero-order chi connectivity index (χ0) is 28.6. The van der Waals surface area contributed by atoms with Crippen molar-refractivity contribution in [2.75, 3.05) is 41.4 Å². The summed E-state index contributed by atoms with van der Waals surface area (Å²) >= 11 is 1.44. The number of rotatable bonds is 4. The number of pyridine rings is 1. The molecule has 0 bridgehead atoms. The molecule has 1 aliphatic carbocycles. The molecule has 3 aliphatic rings. The van der Waals surface area contributed by atoms with E-state index >= 15 is 0 Å². The number of thiophene rings is 1. The van der Waals surface area contributed by atoms with Gasteiger partial charge in [-0.05, 0) is 42.7 Å². The predicted molar refractivity (Wildman–Crippen MR) is 164 cm³/mol. The lowest BCUT2D eigenvalue weighted by atomic mass is 10.0. The second-order valence-electron chi connectivity index (χ2n) is 10.5. The van der Waals surface area contributed by atoms with Gasteiger partial charge in [0.15, 0.2) is 0 Å². The summed E-state index contributed by atoms with van der Waals surface area (Å²) in [5, 5.41) is 2.89. The molecule has 7 rings (SSSR count). The highest BCUT2D eigenvalue weighted by molar-refractivity contribution is 7.17. The topological polar surface area (TPSA) is 92.6 Å². The largest absolute Gasteiger partial charge is 0.496 e. The Morgan fingerprint density at radius 1 is 1.07 bits per heavy atom. The van der Waals surface area contributed by atoms with Gasteiger partial charge in [0, 0.05) is 55.0 Å². The summed E-state index contributed by atoms with van der Waals surface area (Å²) in [6.45, 7) is 2.48. The zero-order valence-corrected chi connectivity index (χ0v) is 24.1. The Morgan fingerprint density at radius 3 is 2.86 bits per heavy atom. The maximum atomic E-state index is 14.0. The summed E-state index contributed by atoms with van der Waals surface area (Å²) in [7, 11) is 1.84. The number of aryl methyl sites for hydroxylation is 1. The van der Waals surface area contributed by atoms with Crippen LogP contribution in [-0.2, 0) is 18.2 Å². The van der Waals surface area contributed by atoms with Crippen molar-refractivity contribution in [1.82, 2.24) is 14.5 Å². The van der Waals surface area contributed by atoms with Crippen molar-refractivity contribution in [2.24, 2.45) is 7.05 Å². The fraction of sp³-hybridized carbons (Fsp3) is 0.250. The normalized spacial score (nSPS) is 16.1. The minimum atomic E-state index is -0.195. The third-order valence-corrected chi connectivity index (χ3v) is 9.07. The van der Waals surface area contributed by atoms with Crippen molar-refractivity contribution in [2.45, 2.75) is 19.3 Å². The maximum absolute atomic E-state index is 14.0. The average Bonchev–Trinajstić information content (AvgIpc) is 3.51. The fourth-order valence-electron chi connectivity index (χ4n) is 5.68. The SMILES string of the molecule is Cn1ccnc1NC(=O)c1cc2c(s1)-c1ccccc1N(C(=O)c1cccc(N3CCOC4=C(C=CCC4)C3)n1)CC2. The molecule has 1 N–H and O–H groups in total. The number of nitrogens with zero attached hydrogens (tertiary/aromatic N) is 5. The monoisotopic (exact) mass is 578 g/mol. The van der Waals surface area contributed by atoms with Gasteiger partial charge in [-0.25, -0.2) is 9.97 Å². The fourth-order valence-corrected chi connectivity index (χ4v) is 6.82. The molecule has 1 aromatic carbocycles. The lowest BCUT2D eigenvalue weighted by Gasteiger charge is -2.25. The number of hydrogen-bond donors (Lipinski definition) is 1. The lowest BCUT2D eigenvalue weighted by molar-refractivity contribution is 0.0981. The molecule has 212 valence electrons. The van der Waals surface area contributed by atoms with E-state index in [1.54, 1.807) is 23.0 Å². The van der Waals surface area contributed by atoms with Gasteiger partial charge >= 0.3 is 0 Å². The number of ether oxygens (including phenoxy) is 1. The molecule has 2 amide bonds. The minimum Gasteiger partial charge on any atom is -0.496 e. The van der Waals surface area contributed by atoms with E-state index in [2.05, 4.69) is 27.4 Å². The van der Waals surface area contributed by atoms with Crippen molar-refractivity contribution in [3.8, 4) is 10.4 Å². The quantitative estimate of drug-likeness (QED) is 0.347. The van der Waals surface area contributed by atoms with E-state index in [-0.39, 0.29) is 11.8 Å². The van der Waals surface area contributed by atoms with Gasteiger partial charge in [-0.2, -0.15) is 0 Å². The summed E-state index contributed by atoms with van der Waals surface area (Å²) in [6, 6.07) is 15.5. The number of amides is 2. The molecule has 0 radical (unpaired) electrons. The van der Waals surface area contributed by atoms with Crippen LogP contribution < -0.4 is 15.1 Å². The molecule has 3 aromatic heterocycles. The van der Waals surface area contributed by atoms with Crippen LogP contribution in [0.25, 0.3) is 10.4 Å². The van der Waals surface area contributed by atoms with Crippen LogP contribution in [0.3, 0.4) is 0 Å². The number of imidazole rings is 1. The molecule has 9 nitrogen and oxygen atoms in total. The van der Waals surface area contributed by atoms with Gasteiger partial charge in [0.2, 0.25) is 5.95 Å². The van der Waals surface area contributed by atoms with Crippen LogP contribution in [0.2, 0.25) is 0 Å². The number of carbonyl (C=O) groups excluding carboxylic acids is 2. The minimum absolute atomic E-state index is 0.143. The molecule has 0 fully saturated rings. The standard InChI is InChI=1S/C32H30N6O3S/c1-36-16-14-33-32(36)35-30(39)27-19-21-13-15-38(25-10-4-3-8-23(25)29(21)42-27)31(40)24-9-6-12-28(34-24)37-17-18-41-26-11-5-2-7-22(26)20-37/h2-4,6-10,12,14,16,19H,5,11,13,15,17-18,20H2,1H3,(H,33,35,39). The molecule has 0 saturated heterocycles. The summed E-state index contributed by atoms with van der Waals surface area (Å²) in [4.78, 5) is 41.7. The van der Waals surface area contributed by atoms with Crippen LogP contribution in [0.15, 0.2) is 84.4 Å². The molecular formula is C32H30N6O3S. The summed E-state index contributed by atoms with van der Waals surface area (Å²) in [6.07, 6.45) is 10.3. The number of carbonyl (C=O) groups is 2. The van der Waals surface area contributed by atoms with Crippen LogP contribution in [-0.4, -0.2) is 52.6 Å². The second-order valence-corrected chi connectivity index (χ2v) is 11.6. The number of anilines is 3. The average molecular weight is 579 g/mol. The summed E-state index contributed by atoms with van der Waals surface area (Å²) in [5.41, 5.74) is 4.38. The molecule has 0 saturated carbocycles. The molecule has 0 spiro atoms. The van der Waals surface area contributed by atoms with E-state index in [4.69, 9.17) is 9.72 Å². The van der Waals surface area contributed by atoms with Gasteiger partial charge in [0.1, 0.15) is 23.9 Å². The Balaban J connectivity index is 1.16. The van der Waals surface area contributed by atoms with E-state index in [1.807, 2.05) is 54.4 Å².